The summed E-state index contributed by atoms with van der Waals surface area (Å²) in [5.41, 5.74) is 0.891. The van der Waals surface area contributed by atoms with E-state index in [9.17, 15) is 9.59 Å². The van der Waals surface area contributed by atoms with Crippen molar-refractivity contribution in [3.05, 3.63) is 35.9 Å². The van der Waals surface area contributed by atoms with Crippen LogP contribution in [-0.4, -0.2) is 25.5 Å². The Bertz CT molecular complexity index is 442. The predicted molar refractivity (Wildman–Crippen MR) is 90.1 cm³/mol. The van der Waals surface area contributed by atoms with E-state index >= 15 is 0 Å². The maximum absolute atomic E-state index is 11.7. The zero-order chi connectivity index (χ0) is 16.8. The van der Waals surface area contributed by atoms with Gasteiger partial charge in [-0.3, -0.25) is 4.79 Å². The molecule has 0 amide bonds. The number of methoxy groups -OCH3 is 1. The Morgan fingerprint density at radius 3 is 2.13 bits per heavy atom. The lowest BCUT2D eigenvalue weighted by atomic mass is 10.1. The van der Waals surface area contributed by atoms with Gasteiger partial charge in [-0.15, -0.1) is 0 Å². The van der Waals surface area contributed by atoms with Crippen molar-refractivity contribution in [1.29, 1.82) is 0 Å². The van der Waals surface area contributed by atoms with Gasteiger partial charge in [0.2, 0.25) is 5.78 Å². The van der Waals surface area contributed by atoms with Gasteiger partial charge in [0.25, 0.3) is 0 Å². The molecule has 0 saturated heterocycles. The van der Waals surface area contributed by atoms with E-state index in [4.69, 9.17) is 9.47 Å². The van der Waals surface area contributed by atoms with Crippen LogP contribution in [0.15, 0.2) is 30.3 Å². The van der Waals surface area contributed by atoms with Gasteiger partial charge in [-0.05, 0) is 18.4 Å². The maximum Gasteiger partial charge on any atom is 0.374 e. The molecule has 4 heteroatoms. The van der Waals surface area contributed by atoms with E-state index in [0.717, 1.165) is 37.9 Å². The molecule has 23 heavy (non-hydrogen) atoms. The van der Waals surface area contributed by atoms with Crippen LogP contribution in [0.2, 0.25) is 0 Å². The predicted octanol–water partition coefficient (Wildman–Crippen LogP) is 4.07. The average Bonchev–Trinajstić information content (AvgIpc) is 2.59. The number of Topliss-reactive ketones (excluding diaryl/α,β-unsaturated/α-hetero) is 1. The van der Waals surface area contributed by atoms with Crippen molar-refractivity contribution in [3.63, 3.8) is 0 Å². The maximum atomic E-state index is 11.7. The van der Waals surface area contributed by atoms with E-state index in [-0.39, 0.29) is 13.0 Å². The molecule has 0 spiro atoms. The Labute approximate surface area is 139 Å². The Morgan fingerprint density at radius 1 is 0.870 bits per heavy atom. The van der Waals surface area contributed by atoms with E-state index < -0.39 is 11.8 Å². The number of hydrogen-bond donors (Lipinski definition) is 0. The first-order valence-electron chi connectivity index (χ1n) is 8.47. The molecule has 0 saturated carbocycles. The van der Waals surface area contributed by atoms with E-state index in [1.807, 2.05) is 30.3 Å². The fourth-order valence-corrected chi connectivity index (χ4v) is 2.32. The molecule has 0 atom stereocenters. The molecule has 0 unspecified atom stereocenters. The van der Waals surface area contributed by atoms with Gasteiger partial charge in [0.05, 0.1) is 0 Å². The van der Waals surface area contributed by atoms with Crippen LogP contribution < -0.4 is 0 Å². The number of carbonyl (C=O) groups excluding carboxylic acids is 2. The molecule has 4 nitrogen and oxygen atoms in total. The number of ketones is 1. The van der Waals surface area contributed by atoms with Gasteiger partial charge < -0.3 is 9.47 Å². The number of unbranched alkanes of at least 4 members (excludes halogenated alkanes) is 6. The van der Waals surface area contributed by atoms with Crippen LogP contribution in [-0.2, 0) is 25.7 Å². The summed E-state index contributed by atoms with van der Waals surface area (Å²) < 4.78 is 10.0. The van der Waals surface area contributed by atoms with Crippen LogP contribution in [0, 0.1) is 0 Å². The summed E-state index contributed by atoms with van der Waals surface area (Å²) in [7, 11) is 1.72. The second kappa shape index (κ2) is 12.8. The van der Waals surface area contributed by atoms with Crippen LogP contribution in [0.1, 0.15) is 56.9 Å². The van der Waals surface area contributed by atoms with Crippen molar-refractivity contribution in [2.24, 2.45) is 0 Å². The Morgan fingerprint density at radius 2 is 1.48 bits per heavy atom. The highest BCUT2D eigenvalue weighted by Gasteiger charge is 2.14. The van der Waals surface area contributed by atoms with Crippen molar-refractivity contribution in [3.8, 4) is 0 Å². The highest BCUT2D eigenvalue weighted by molar-refractivity contribution is 6.33. The van der Waals surface area contributed by atoms with Crippen LogP contribution in [0.3, 0.4) is 0 Å². The van der Waals surface area contributed by atoms with Gasteiger partial charge in [0, 0.05) is 20.1 Å². The Hall–Kier alpha value is -1.68. The second-order valence-corrected chi connectivity index (χ2v) is 5.70. The SMILES string of the molecule is COCCCCCCCCCC(=O)C(=O)OCc1ccccc1. The van der Waals surface area contributed by atoms with Gasteiger partial charge in [-0.1, -0.05) is 62.4 Å². The number of carbonyl (C=O) groups is 2. The molecule has 0 radical (unpaired) electrons. The quantitative estimate of drug-likeness (QED) is 0.312. The molecule has 0 aliphatic heterocycles. The molecule has 0 fully saturated rings. The van der Waals surface area contributed by atoms with Gasteiger partial charge in [-0.25, -0.2) is 4.79 Å². The van der Waals surface area contributed by atoms with Crippen molar-refractivity contribution in [2.45, 2.75) is 58.0 Å². The molecule has 0 bridgehead atoms. The lowest BCUT2D eigenvalue weighted by Gasteiger charge is -2.04. The van der Waals surface area contributed by atoms with Crippen LogP contribution in [0.25, 0.3) is 0 Å². The summed E-state index contributed by atoms with van der Waals surface area (Å²) in [6, 6.07) is 9.38. The van der Waals surface area contributed by atoms with Crippen molar-refractivity contribution in [1.82, 2.24) is 0 Å². The van der Waals surface area contributed by atoms with Gasteiger partial charge in [0.1, 0.15) is 6.61 Å². The third-order valence-corrected chi connectivity index (χ3v) is 3.69. The van der Waals surface area contributed by atoms with E-state index in [1.165, 1.54) is 19.3 Å². The average molecular weight is 320 g/mol. The molecule has 1 aromatic rings. The topological polar surface area (TPSA) is 52.6 Å². The van der Waals surface area contributed by atoms with Crippen molar-refractivity contribution >= 4 is 11.8 Å². The number of hydrogen-bond acceptors (Lipinski definition) is 4. The minimum atomic E-state index is -0.714. The molecule has 0 aliphatic rings. The summed E-state index contributed by atoms with van der Waals surface area (Å²) in [4.78, 5) is 23.3. The van der Waals surface area contributed by atoms with Gasteiger partial charge >= 0.3 is 5.97 Å². The van der Waals surface area contributed by atoms with E-state index in [0.29, 0.717) is 0 Å². The summed E-state index contributed by atoms with van der Waals surface area (Å²) >= 11 is 0. The van der Waals surface area contributed by atoms with Crippen LogP contribution in [0.5, 0.6) is 0 Å². The summed E-state index contributed by atoms with van der Waals surface area (Å²) in [6.07, 6.45) is 7.84. The zero-order valence-corrected chi connectivity index (χ0v) is 14.1. The molecule has 0 aliphatic carbocycles. The second-order valence-electron chi connectivity index (χ2n) is 5.70. The highest BCUT2D eigenvalue weighted by Crippen LogP contribution is 2.09. The number of esters is 1. The van der Waals surface area contributed by atoms with E-state index in [1.54, 1.807) is 7.11 Å². The Balaban J connectivity index is 1.99. The summed E-state index contributed by atoms with van der Waals surface area (Å²) in [5, 5.41) is 0. The Kier molecular flexibility index (Phi) is 10.8. The molecule has 0 N–H and O–H groups in total. The number of ether oxygens (including phenoxy) is 2. The van der Waals surface area contributed by atoms with Crippen molar-refractivity contribution < 1.29 is 19.1 Å². The largest absolute Gasteiger partial charge is 0.455 e. The fraction of sp³-hybridized carbons (Fsp3) is 0.579. The fourth-order valence-electron chi connectivity index (χ4n) is 2.32. The molecule has 0 heterocycles. The lowest BCUT2D eigenvalue weighted by Crippen LogP contribution is -2.17. The summed E-state index contributed by atoms with van der Waals surface area (Å²) in [6.45, 7) is 0.993. The molecule has 1 rings (SSSR count). The first-order valence-corrected chi connectivity index (χ1v) is 8.47. The first-order chi connectivity index (χ1) is 11.2. The third-order valence-electron chi connectivity index (χ3n) is 3.69. The zero-order valence-electron chi connectivity index (χ0n) is 14.1. The first kappa shape index (κ1) is 19.4. The lowest BCUT2D eigenvalue weighted by molar-refractivity contribution is -0.154. The minimum absolute atomic E-state index is 0.160. The molecule has 0 aromatic heterocycles. The molecular weight excluding hydrogens is 292 g/mol. The molecule has 1 aromatic carbocycles. The number of rotatable bonds is 13. The van der Waals surface area contributed by atoms with Crippen molar-refractivity contribution in [2.75, 3.05) is 13.7 Å². The highest BCUT2D eigenvalue weighted by atomic mass is 16.5. The third kappa shape index (κ3) is 9.84. The standard InChI is InChI=1S/C19H28O4/c1-22-15-11-6-4-2-3-5-10-14-18(20)19(21)23-16-17-12-8-7-9-13-17/h7-9,12-13H,2-6,10-11,14-16H2,1H3. The smallest absolute Gasteiger partial charge is 0.374 e. The van der Waals surface area contributed by atoms with Gasteiger partial charge in [-0.2, -0.15) is 0 Å². The van der Waals surface area contributed by atoms with Crippen LogP contribution >= 0.6 is 0 Å². The monoisotopic (exact) mass is 320 g/mol. The van der Waals surface area contributed by atoms with Crippen LogP contribution in [0.4, 0.5) is 0 Å². The normalized spacial score (nSPS) is 10.5. The van der Waals surface area contributed by atoms with Gasteiger partial charge in [0.15, 0.2) is 0 Å². The molecular formula is C19H28O4. The van der Waals surface area contributed by atoms with E-state index in [2.05, 4.69) is 0 Å². The number of benzene rings is 1. The minimum Gasteiger partial charge on any atom is -0.455 e. The summed E-state index contributed by atoms with van der Waals surface area (Å²) in [5.74, 6) is -1.13. The molecule has 128 valence electrons.